The molecule has 96 valence electrons. The minimum absolute atomic E-state index is 0.0486. The topological polar surface area (TPSA) is 96.0 Å². The molecule has 1 aromatic rings. The van der Waals surface area contributed by atoms with Crippen LogP contribution in [0.4, 0.5) is 0 Å². The summed E-state index contributed by atoms with van der Waals surface area (Å²) in [6, 6.07) is 5.89. The normalized spacial score (nSPS) is 23.2. The molecule has 0 amide bonds. The van der Waals surface area contributed by atoms with Crippen molar-refractivity contribution in [3.8, 4) is 6.07 Å². The number of nitrogens with one attached hydrogen (secondary N) is 1. The number of hydrogen-bond donors (Lipinski definition) is 2. The highest BCUT2D eigenvalue weighted by molar-refractivity contribution is 7.89. The molecule has 0 bridgehead atoms. The third kappa shape index (κ3) is 2.65. The van der Waals surface area contributed by atoms with Crippen LogP contribution in [0.1, 0.15) is 18.4 Å². The second kappa shape index (κ2) is 4.86. The van der Waals surface area contributed by atoms with Crippen molar-refractivity contribution < 1.29 is 8.42 Å². The maximum atomic E-state index is 12.1. The fourth-order valence-electron chi connectivity index (χ4n) is 1.85. The fourth-order valence-corrected chi connectivity index (χ4v) is 3.53. The maximum absolute atomic E-state index is 12.1. The van der Waals surface area contributed by atoms with Crippen LogP contribution in [0.3, 0.4) is 0 Å². The van der Waals surface area contributed by atoms with E-state index >= 15 is 0 Å². The minimum atomic E-state index is -3.72. The number of nitrogens with two attached hydrogens (primary N) is 1. The predicted octanol–water partition coefficient (Wildman–Crippen LogP) is 0.980. The first-order valence-corrected chi connectivity index (χ1v) is 7.26. The average molecular weight is 286 g/mol. The van der Waals surface area contributed by atoms with Gasteiger partial charge in [-0.15, -0.1) is 0 Å². The van der Waals surface area contributed by atoms with Crippen LogP contribution in [0.25, 0.3) is 0 Å². The lowest BCUT2D eigenvalue weighted by atomic mass is 9.89. The predicted molar refractivity (Wildman–Crippen MR) is 67.5 cm³/mol. The third-order valence-corrected chi connectivity index (χ3v) is 4.65. The molecule has 0 unspecified atom stereocenters. The highest BCUT2D eigenvalue weighted by Gasteiger charge is 2.31. The summed E-state index contributed by atoms with van der Waals surface area (Å²) in [4.78, 5) is -0.0852. The van der Waals surface area contributed by atoms with Gasteiger partial charge in [0.2, 0.25) is 10.0 Å². The van der Waals surface area contributed by atoms with Crippen molar-refractivity contribution in [3.63, 3.8) is 0 Å². The molecule has 0 atom stereocenters. The third-order valence-electron chi connectivity index (χ3n) is 2.85. The molecule has 1 saturated carbocycles. The van der Waals surface area contributed by atoms with Gasteiger partial charge in [0.15, 0.2) is 0 Å². The van der Waals surface area contributed by atoms with Crippen LogP contribution in [-0.2, 0) is 10.0 Å². The van der Waals surface area contributed by atoms with Crippen LogP contribution in [0.5, 0.6) is 0 Å². The summed E-state index contributed by atoms with van der Waals surface area (Å²) in [6.45, 7) is 0. The van der Waals surface area contributed by atoms with Gasteiger partial charge in [-0.25, -0.2) is 13.1 Å². The Morgan fingerprint density at radius 3 is 2.67 bits per heavy atom. The molecule has 1 aromatic carbocycles. The molecule has 3 N–H and O–H groups in total. The number of nitrogens with zero attached hydrogens (tertiary/aromatic N) is 1. The van der Waals surface area contributed by atoms with Gasteiger partial charge in [-0.3, -0.25) is 0 Å². The lowest BCUT2D eigenvalue weighted by Crippen LogP contribution is -2.50. The molecule has 0 aromatic heterocycles. The molecule has 1 fully saturated rings. The Bertz CT molecular complexity index is 603. The van der Waals surface area contributed by atoms with Gasteiger partial charge >= 0.3 is 0 Å². The number of sulfonamides is 1. The van der Waals surface area contributed by atoms with E-state index in [1.165, 1.54) is 18.2 Å². The number of halogens is 1. The average Bonchev–Trinajstić information content (AvgIpc) is 2.26. The number of hydrogen-bond acceptors (Lipinski definition) is 4. The second-order valence-electron chi connectivity index (χ2n) is 4.30. The molecule has 5 nitrogen and oxygen atoms in total. The molecule has 0 radical (unpaired) electrons. The maximum Gasteiger partial charge on any atom is 0.242 e. The van der Waals surface area contributed by atoms with Crippen molar-refractivity contribution in [2.45, 2.75) is 29.8 Å². The van der Waals surface area contributed by atoms with E-state index in [2.05, 4.69) is 4.72 Å². The Morgan fingerprint density at radius 2 is 2.11 bits per heavy atom. The Balaban J connectivity index is 2.29. The molecular formula is C11H12ClN3O2S. The van der Waals surface area contributed by atoms with E-state index in [1.54, 1.807) is 0 Å². The van der Waals surface area contributed by atoms with Gasteiger partial charge in [0.1, 0.15) is 11.0 Å². The highest BCUT2D eigenvalue weighted by Crippen LogP contribution is 2.24. The van der Waals surface area contributed by atoms with E-state index in [4.69, 9.17) is 22.6 Å². The van der Waals surface area contributed by atoms with Gasteiger partial charge in [-0.1, -0.05) is 11.6 Å². The first-order chi connectivity index (χ1) is 8.42. The molecule has 2 rings (SSSR count). The molecule has 0 heterocycles. The summed E-state index contributed by atoms with van der Waals surface area (Å²) in [5.41, 5.74) is 5.68. The summed E-state index contributed by atoms with van der Waals surface area (Å²) in [7, 11) is -3.72. The van der Waals surface area contributed by atoms with Crippen molar-refractivity contribution in [1.29, 1.82) is 5.26 Å². The van der Waals surface area contributed by atoms with Crippen LogP contribution in [-0.4, -0.2) is 20.5 Å². The number of benzene rings is 1. The zero-order valence-corrected chi connectivity index (χ0v) is 11.0. The van der Waals surface area contributed by atoms with Gasteiger partial charge < -0.3 is 5.73 Å². The number of rotatable bonds is 3. The van der Waals surface area contributed by atoms with Gasteiger partial charge in [-0.2, -0.15) is 5.26 Å². The van der Waals surface area contributed by atoms with Crippen molar-refractivity contribution in [2.24, 2.45) is 5.73 Å². The molecule has 0 saturated heterocycles. The van der Waals surface area contributed by atoms with Gasteiger partial charge in [0.25, 0.3) is 0 Å². The summed E-state index contributed by atoms with van der Waals surface area (Å²) in [5.74, 6) is 0. The quantitative estimate of drug-likeness (QED) is 0.865. The van der Waals surface area contributed by atoms with E-state index < -0.39 is 10.0 Å². The summed E-state index contributed by atoms with van der Waals surface area (Å²) in [6.07, 6.45) is 1.23. The fraction of sp³-hybridized carbons (Fsp3) is 0.364. The smallest absolute Gasteiger partial charge is 0.242 e. The monoisotopic (exact) mass is 285 g/mol. The van der Waals surface area contributed by atoms with E-state index in [0.29, 0.717) is 12.8 Å². The molecule has 18 heavy (non-hydrogen) atoms. The standard InChI is InChI=1S/C11H12ClN3O2S/c12-8-2-1-7(6-13)11(3-8)18(16,17)15-10-4-9(14)5-10/h1-3,9-10,15H,4-5,14H2. The van der Waals surface area contributed by atoms with Crippen LogP contribution >= 0.6 is 11.6 Å². The van der Waals surface area contributed by atoms with Gasteiger partial charge in [-0.05, 0) is 31.0 Å². The molecular weight excluding hydrogens is 274 g/mol. The summed E-state index contributed by atoms with van der Waals surface area (Å²) < 4.78 is 26.7. The van der Waals surface area contributed by atoms with Gasteiger partial charge in [0, 0.05) is 17.1 Å². The van der Waals surface area contributed by atoms with Crippen molar-refractivity contribution in [3.05, 3.63) is 28.8 Å². The van der Waals surface area contributed by atoms with Gasteiger partial charge in [0.05, 0.1) is 5.56 Å². The molecule has 1 aliphatic rings. The zero-order chi connectivity index (χ0) is 13.3. The lowest BCUT2D eigenvalue weighted by molar-refractivity contribution is 0.327. The SMILES string of the molecule is N#Cc1ccc(Cl)cc1S(=O)(=O)NC1CC(N)C1. The van der Waals surface area contributed by atoms with Crippen molar-refractivity contribution in [2.75, 3.05) is 0 Å². The minimum Gasteiger partial charge on any atom is -0.328 e. The highest BCUT2D eigenvalue weighted by atomic mass is 35.5. The van der Waals surface area contributed by atoms with Crippen molar-refractivity contribution >= 4 is 21.6 Å². The molecule has 0 spiro atoms. The Morgan fingerprint density at radius 1 is 1.44 bits per heavy atom. The van der Waals surface area contributed by atoms with Crippen molar-refractivity contribution in [1.82, 2.24) is 4.72 Å². The molecule has 0 aliphatic heterocycles. The Labute approximate surface area is 111 Å². The van der Waals surface area contributed by atoms with Crippen LogP contribution < -0.4 is 10.5 Å². The largest absolute Gasteiger partial charge is 0.328 e. The van der Waals surface area contributed by atoms with E-state index in [1.807, 2.05) is 6.07 Å². The van der Waals surface area contributed by atoms with Crippen LogP contribution in [0.15, 0.2) is 23.1 Å². The molecule has 1 aliphatic carbocycles. The molecule has 7 heteroatoms. The summed E-state index contributed by atoms with van der Waals surface area (Å²) >= 11 is 5.77. The van der Waals surface area contributed by atoms with Crippen LogP contribution in [0.2, 0.25) is 5.02 Å². The van der Waals surface area contributed by atoms with Crippen LogP contribution in [0, 0.1) is 11.3 Å². The first-order valence-electron chi connectivity index (χ1n) is 5.40. The Kier molecular flexibility index (Phi) is 3.59. The summed E-state index contributed by atoms with van der Waals surface area (Å²) in [5, 5.41) is 9.19. The van der Waals surface area contributed by atoms with E-state index in [9.17, 15) is 8.42 Å². The van der Waals surface area contributed by atoms with E-state index in [-0.39, 0.29) is 27.6 Å². The zero-order valence-electron chi connectivity index (χ0n) is 9.43. The second-order valence-corrected chi connectivity index (χ2v) is 6.42. The lowest BCUT2D eigenvalue weighted by Gasteiger charge is -2.32. The first kappa shape index (κ1) is 13.3. The number of nitriles is 1. The van der Waals surface area contributed by atoms with E-state index in [0.717, 1.165) is 0 Å². The Hall–Kier alpha value is -1.13.